The van der Waals surface area contributed by atoms with Crippen molar-refractivity contribution >= 4 is 17.4 Å². The van der Waals surface area contributed by atoms with Crippen molar-refractivity contribution in [3.05, 3.63) is 22.7 Å². The molecule has 0 radical (unpaired) electrons. The number of Topliss-reactive ketones (excluding diaryl/α,β-unsaturated/α-hetero) is 1. The molecule has 1 aliphatic carbocycles. The standard InChI is InChI=1S/C7H5ClN2O/c8-7-9-3-4-1-5(11)2-6(4)10-7/h3H,1-2H2. The number of hydrogen-bond acceptors (Lipinski definition) is 3. The van der Waals surface area contributed by atoms with Gasteiger partial charge in [-0.3, -0.25) is 4.79 Å². The van der Waals surface area contributed by atoms with Crippen LogP contribution >= 0.6 is 11.6 Å². The van der Waals surface area contributed by atoms with Gasteiger partial charge in [-0.05, 0) is 17.2 Å². The maximum atomic E-state index is 10.9. The van der Waals surface area contributed by atoms with Gasteiger partial charge in [0.15, 0.2) is 0 Å². The Kier molecular flexibility index (Phi) is 1.39. The Labute approximate surface area is 68.4 Å². The Hall–Kier alpha value is -0.960. The molecule has 0 N–H and O–H groups in total. The second-order valence-electron chi connectivity index (χ2n) is 2.50. The average Bonchev–Trinajstić information content (AvgIpc) is 2.27. The van der Waals surface area contributed by atoms with Gasteiger partial charge in [0, 0.05) is 19.0 Å². The van der Waals surface area contributed by atoms with Crippen molar-refractivity contribution in [1.29, 1.82) is 0 Å². The highest BCUT2D eigenvalue weighted by molar-refractivity contribution is 6.28. The highest BCUT2D eigenvalue weighted by Crippen LogP contribution is 2.17. The van der Waals surface area contributed by atoms with Crippen LogP contribution in [0.4, 0.5) is 0 Å². The van der Waals surface area contributed by atoms with Crippen LogP contribution in [0, 0.1) is 0 Å². The third-order valence-electron chi connectivity index (χ3n) is 1.68. The van der Waals surface area contributed by atoms with Crippen LogP contribution in [0.15, 0.2) is 6.20 Å². The molecule has 0 fully saturated rings. The summed E-state index contributed by atoms with van der Waals surface area (Å²) in [7, 11) is 0. The fraction of sp³-hybridized carbons (Fsp3) is 0.286. The van der Waals surface area contributed by atoms with E-state index in [2.05, 4.69) is 9.97 Å². The van der Waals surface area contributed by atoms with E-state index in [1.807, 2.05) is 0 Å². The van der Waals surface area contributed by atoms with E-state index >= 15 is 0 Å². The lowest BCUT2D eigenvalue weighted by molar-refractivity contribution is -0.117. The van der Waals surface area contributed by atoms with E-state index in [1.165, 1.54) is 0 Å². The fourth-order valence-electron chi connectivity index (χ4n) is 1.18. The zero-order chi connectivity index (χ0) is 7.84. The number of carbonyl (C=O) groups is 1. The molecule has 1 aliphatic rings. The van der Waals surface area contributed by atoms with Crippen LogP contribution in [-0.4, -0.2) is 15.8 Å². The van der Waals surface area contributed by atoms with Crippen LogP contribution < -0.4 is 0 Å². The Morgan fingerprint density at radius 2 is 2.27 bits per heavy atom. The van der Waals surface area contributed by atoms with Crippen molar-refractivity contribution in [3.63, 3.8) is 0 Å². The smallest absolute Gasteiger partial charge is 0.222 e. The molecule has 0 saturated heterocycles. The van der Waals surface area contributed by atoms with Crippen molar-refractivity contribution in [2.24, 2.45) is 0 Å². The first-order valence-corrected chi connectivity index (χ1v) is 3.65. The van der Waals surface area contributed by atoms with E-state index in [0.29, 0.717) is 12.8 Å². The van der Waals surface area contributed by atoms with Crippen LogP contribution in [0.1, 0.15) is 11.3 Å². The largest absolute Gasteiger partial charge is 0.299 e. The van der Waals surface area contributed by atoms with Gasteiger partial charge >= 0.3 is 0 Å². The van der Waals surface area contributed by atoms with Gasteiger partial charge in [0.05, 0.1) is 5.69 Å². The predicted molar refractivity (Wildman–Crippen MR) is 39.5 cm³/mol. The quantitative estimate of drug-likeness (QED) is 0.538. The molecule has 0 saturated carbocycles. The van der Waals surface area contributed by atoms with Crippen molar-refractivity contribution in [1.82, 2.24) is 9.97 Å². The summed E-state index contributed by atoms with van der Waals surface area (Å²) in [4.78, 5) is 18.6. The molecule has 56 valence electrons. The lowest BCUT2D eigenvalue weighted by Crippen LogP contribution is -1.93. The first-order valence-electron chi connectivity index (χ1n) is 3.28. The summed E-state index contributed by atoms with van der Waals surface area (Å²) >= 11 is 5.54. The molecular formula is C7H5ClN2O. The van der Waals surface area contributed by atoms with Gasteiger partial charge in [-0.15, -0.1) is 0 Å². The zero-order valence-electron chi connectivity index (χ0n) is 5.67. The molecule has 1 heterocycles. The minimum absolute atomic E-state index is 0.191. The summed E-state index contributed by atoms with van der Waals surface area (Å²) in [5.41, 5.74) is 1.70. The van der Waals surface area contributed by atoms with Gasteiger partial charge in [-0.2, -0.15) is 0 Å². The monoisotopic (exact) mass is 168 g/mol. The van der Waals surface area contributed by atoms with Gasteiger partial charge in [-0.25, -0.2) is 9.97 Å². The molecule has 3 nitrogen and oxygen atoms in total. The first kappa shape index (κ1) is 6.73. The van der Waals surface area contributed by atoms with E-state index in [9.17, 15) is 4.79 Å². The summed E-state index contributed by atoms with van der Waals surface area (Å²) in [6.45, 7) is 0. The number of carbonyl (C=O) groups excluding carboxylic acids is 1. The molecule has 0 amide bonds. The van der Waals surface area contributed by atoms with Crippen molar-refractivity contribution in [2.75, 3.05) is 0 Å². The summed E-state index contributed by atoms with van der Waals surface area (Å²) in [5, 5.41) is 0.221. The lowest BCUT2D eigenvalue weighted by atomic mass is 10.3. The third kappa shape index (κ3) is 1.12. The number of hydrogen-bond donors (Lipinski definition) is 0. The molecule has 2 rings (SSSR count). The second kappa shape index (κ2) is 2.27. The Balaban J connectivity index is 2.51. The molecular weight excluding hydrogens is 164 g/mol. The first-order chi connectivity index (χ1) is 5.25. The summed E-state index contributed by atoms with van der Waals surface area (Å²) in [6.07, 6.45) is 2.50. The summed E-state index contributed by atoms with van der Waals surface area (Å²) < 4.78 is 0. The maximum Gasteiger partial charge on any atom is 0.222 e. The molecule has 0 unspecified atom stereocenters. The molecule has 0 atom stereocenters. The van der Waals surface area contributed by atoms with Crippen LogP contribution in [0.3, 0.4) is 0 Å². The lowest BCUT2D eigenvalue weighted by Gasteiger charge is -1.93. The molecule has 1 aromatic heterocycles. The molecule has 0 aliphatic heterocycles. The van der Waals surface area contributed by atoms with Crippen LogP contribution in [-0.2, 0) is 17.6 Å². The average molecular weight is 169 g/mol. The van der Waals surface area contributed by atoms with Gasteiger partial charge in [0.25, 0.3) is 0 Å². The number of aromatic nitrogens is 2. The van der Waals surface area contributed by atoms with Crippen LogP contribution in [0.25, 0.3) is 0 Å². The Bertz CT molecular complexity index is 324. The van der Waals surface area contributed by atoms with Gasteiger partial charge in [0.1, 0.15) is 5.78 Å². The molecule has 0 bridgehead atoms. The topological polar surface area (TPSA) is 42.9 Å². The van der Waals surface area contributed by atoms with E-state index in [1.54, 1.807) is 6.20 Å². The van der Waals surface area contributed by atoms with Crippen molar-refractivity contribution in [3.8, 4) is 0 Å². The maximum absolute atomic E-state index is 10.9. The van der Waals surface area contributed by atoms with Gasteiger partial charge in [-0.1, -0.05) is 0 Å². The molecule has 0 spiro atoms. The van der Waals surface area contributed by atoms with Crippen LogP contribution in [0.2, 0.25) is 5.28 Å². The van der Waals surface area contributed by atoms with Crippen LogP contribution in [0.5, 0.6) is 0 Å². The number of ketones is 1. The van der Waals surface area contributed by atoms with E-state index in [0.717, 1.165) is 11.3 Å². The molecule has 1 aromatic rings. The Morgan fingerprint density at radius 3 is 3.09 bits per heavy atom. The highest BCUT2D eigenvalue weighted by atomic mass is 35.5. The molecule has 0 aromatic carbocycles. The normalized spacial score (nSPS) is 15.2. The number of rotatable bonds is 0. The molecule has 11 heavy (non-hydrogen) atoms. The number of halogens is 1. The van der Waals surface area contributed by atoms with Gasteiger partial charge < -0.3 is 0 Å². The number of fused-ring (bicyclic) bond motifs is 1. The predicted octanol–water partition coefficient (Wildman–Crippen LogP) is 0.798. The Morgan fingerprint density at radius 1 is 1.45 bits per heavy atom. The fourth-order valence-corrected chi connectivity index (χ4v) is 1.33. The second-order valence-corrected chi connectivity index (χ2v) is 2.84. The minimum Gasteiger partial charge on any atom is -0.299 e. The van der Waals surface area contributed by atoms with E-state index in [-0.39, 0.29) is 11.1 Å². The minimum atomic E-state index is 0.191. The van der Waals surface area contributed by atoms with Crippen molar-refractivity contribution in [2.45, 2.75) is 12.8 Å². The molecule has 4 heteroatoms. The number of nitrogens with zero attached hydrogens (tertiary/aromatic N) is 2. The summed E-state index contributed by atoms with van der Waals surface area (Å²) in [5.74, 6) is 0.191. The highest BCUT2D eigenvalue weighted by Gasteiger charge is 2.19. The van der Waals surface area contributed by atoms with Crippen molar-refractivity contribution < 1.29 is 4.79 Å². The summed E-state index contributed by atoms with van der Waals surface area (Å²) in [6, 6.07) is 0. The van der Waals surface area contributed by atoms with E-state index < -0.39 is 0 Å². The zero-order valence-corrected chi connectivity index (χ0v) is 6.43. The third-order valence-corrected chi connectivity index (χ3v) is 1.86. The van der Waals surface area contributed by atoms with Gasteiger partial charge in [0.2, 0.25) is 5.28 Å². The van der Waals surface area contributed by atoms with E-state index in [4.69, 9.17) is 11.6 Å². The SMILES string of the molecule is O=C1Cc2cnc(Cl)nc2C1.